The Morgan fingerprint density at radius 3 is 2.68 bits per heavy atom. The summed E-state index contributed by atoms with van der Waals surface area (Å²) in [5.41, 5.74) is 2.09. The van der Waals surface area contributed by atoms with Crippen LogP contribution in [0.25, 0.3) is 17.1 Å². The summed E-state index contributed by atoms with van der Waals surface area (Å²) >= 11 is 7.34. The number of aromatic nitrogens is 3. The van der Waals surface area contributed by atoms with Crippen molar-refractivity contribution in [3.63, 3.8) is 0 Å². The summed E-state index contributed by atoms with van der Waals surface area (Å²) in [6.45, 7) is 3.82. The Hall–Kier alpha value is -2.82. The molecule has 0 spiro atoms. The van der Waals surface area contributed by atoms with Crippen LogP contribution >= 0.6 is 23.4 Å². The monoisotopic (exact) mass is 451 g/mol. The molecule has 1 unspecified atom stereocenters. The molecule has 1 aliphatic carbocycles. The van der Waals surface area contributed by atoms with Gasteiger partial charge in [-0.25, -0.2) is 0 Å². The van der Waals surface area contributed by atoms with Crippen molar-refractivity contribution < 1.29 is 4.79 Å². The van der Waals surface area contributed by atoms with Crippen molar-refractivity contribution in [2.45, 2.75) is 37.4 Å². The van der Waals surface area contributed by atoms with Crippen molar-refractivity contribution in [2.75, 3.05) is 5.75 Å². The fourth-order valence-corrected chi connectivity index (χ4v) is 4.36. The van der Waals surface area contributed by atoms with E-state index in [0.717, 1.165) is 29.7 Å². The first-order valence-corrected chi connectivity index (χ1v) is 11.4. The van der Waals surface area contributed by atoms with E-state index in [2.05, 4.69) is 21.6 Å². The molecule has 1 N–H and O–H groups in total. The molecular weight excluding hydrogens is 430 g/mol. The summed E-state index contributed by atoms with van der Waals surface area (Å²) in [7, 11) is 0. The molecule has 0 aliphatic heterocycles. The Bertz CT molecular complexity index is 1150. The fourth-order valence-electron chi connectivity index (χ4n) is 3.49. The smallest absolute Gasteiger partial charge is 0.231 e. The molecule has 3 aromatic rings. The van der Waals surface area contributed by atoms with Gasteiger partial charge in [-0.15, -0.1) is 10.2 Å². The van der Waals surface area contributed by atoms with E-state index in [9.17, 15) is 10.1 Å². The number of carbonyl (C=O) groups excluding carboxylic acids is 1. The molecule has 4 rings (SSSR count). The third-order valence-corrected chi connectivity index (χ3v) is 6.53. The number of aryl methyl sites for hydroxylation is 1. The zero-order chi connectivity index (χ0) is 22.0. The van der Waals surface area contributed by atoms with Gasteiger partial charge in [0, 0.05) is 16.3 Å². The summed E-state index contributed by atoms with van der Waals surface area (Å²) in [4.78, 5) is 12.6. The molecule has 1 saturated carbocycles. The maximum Gasteiger partial charge on any atom is 0.231 e. The van der Waals surface area contributed by atoms with Crippen LogP contribution in [0.1, 0.15) is 25.3 Å². The Kier molecular flexibility index (Phi) is 6.03. The fraction of sp³-hybridized carbons (Fsp3) is 0.304. The minimum atomic E-state index is -0.809. The average Bonchev–Trinajstić information content (AvgIpc) is 3.53. The molecule has 6 nitrogen and oxygen atoms in total. The van der Waals surface area contributed by atoms with Gasteiger partial charge in [0.1, 0.15) is 5.54 Å². The summed E-state index contributed by atoms with van der Waals surface area (Å²) in [6.07, 6.45) is 1.95. The number of nitriles is 1. The Morgan fingerprint density at radius 1 is 1.29 bits per heavy atom. The number of thioether (sulfide) groups is 1. The first-order valence-electron chi connectivity index (χ1n) is 10.0. The SMILES string of the molecule is Cc1cccc(-n2c(SCC(=O)NC(C)(C#N)C3CC3)nnc2-c2ccc(Cl)cc2)c1. The second-order valence-corrected chi connectivity index (χ2v) is 9.29. The number of amides is 1. The van der Waals surface area contributed by atoms with Crippen LogP contribution in [-0.4, -0.2) is 32.0 Å². The number of rotatable bonds is 7. The molecule has 1 heterocycles. The van der Waals surface area contributed by atoms with Crippen LogP contribution in [0.15, 0.2) is 53.7 Å². The van der Waals surface area contributed by atoms with Crippen molar-refractivity contribution in [3.05, 3.63) is 59.1 Å². The van der Waals surface area contributed by atoms with E-state index in [-0.39, 0.29) is 17.6 Å². The minimum absolute atomic E-state index is 0.147. The quantitative estimate of drug-likeness (QED) is 0.522. The molecular formula is C23H22ClN5OS. The molecule has 1 amide bonds. The van der Waals surface area contributed by atoms with Gasteiger partial charge in [0.05, 0.1) is 11.8 Å². The molecule has 1 atom stereocenters. The zero-order valence-electron chi connectivity index (χ0n) is 17.3. The van der Waals surface area contributed by atoms with Crippen LogP contribution in [0.2, 0.25) is 5.02 Å². The van der Waals surface area contributed by atoms with Crippen molar-refractivity contribution in [1.82, 2.24) is 20.1 Å². The van der Waals surface area contributed by atoms with Gasteiger partial charge in [-0.3, -0.25) is 9.36 Å². The van der Waals surface area contributed by atoms with Crippen molar-refractivity contribution in [2.24, 2.45) is 5.92 Å². The van der Waals surface area contributed by atoms with Gasteiger partial charge in [-0.2, -0.15) is 5.26 Å². The largest absolute Gasteiger partial charge is 0.337 e. The average molecular weight is 452 g/mol. The zero-order valence-corrected chi connectivity index (χ0v) is 18.9. The maximum absolute atomic E-state index is 12.6. The standard InChI is InChI=1S/C23H22ClN5OS/c1-15-4-3-5-19(12-15)29-21(16-6-10-18(24)11-7-16)27-28-22(29)31-13-20(30)26-23(2,14-25)17-8-9-17/h3-7,10-12,17H,8-9,13H2,1-2H3,(H,26,30). The van der Waals surface area contributed by atoms with Gasteiger partial charge in [-0.1, -0.05) is 35.5 Å². The highest BCUT2D eigenvalue weighted by Crippen LogP contribution is 2.39. The number of hydrogen-bond donors (Lipinski definition) is 1. The van der Waals surface area contributed by atoms with E-state index in [1.165, 1.54) is 11.8 Å². The molecule has 0 saturated heterocycles. The Labute approximate surface area is 190 Å². The van der Waals surface area contributed by atoms with Gasteiger partial charge in [-0.05, 0) is 74.6 Å². The van der Waals surface area contributed by atoms with Gasteiger partial charge < -0.3 is 5.32 Å². The van der Waals surface area contributed by atoms with Crippen molar-refractivity contribution in [1.29, 1.82) is 5.26 Å². The van der Waals surface area contributed by atoms with Gasteiger partial charge in [0.25, 0.3) is 0 Å². The maximum atomic E-state index is 12.6. The van der Waals surface area contributed by atoms with E-state index in [4.69, 9.17) is 11.6 Å². The number of benzene rings is 2. The Balaban J connectivity index is 1.61. The van der Waals surface area contributed by atoms with Gasteiger partial charge in [0.15, 0.2) is 11.0 Å². The van der Waals surface area contributed by atoms with E-state index >= 15 is 0 Å². The van der Waals surface area contributed by atoms with Crippen LogP contribution in [0.3, 0.4) is 0 Å². The van der Waals surface area contributed by atoms with E-state index in [1.54, 1.807) is 6.92 Å². The van der Waals surface area contributed by atoms with Crippen LogP contribution in [0.4, 0.5) is 0 Å². The first kappa shape index (κ1) is 21.4. The highest BCUT2D eigenvalue weighted by Gasteiger charge is 2.43. The molecule has 1 aliphatic rings. The Morgan fingerprint density at radius 2 is 2.03 bits per heavy atom. The lowest BCUT2D eigenvalue weighted by Gasteiger charge is -2.22. The van der Waals surface area contributed by atoms with Crippen molar-refractivity contribution in [3.8, 4) is 23.1 Å². The predicted octanol–water partition coefficient (Wildman–Crippen LogP) is 4.80. The summed E-state index contributed by atoms with van der Waals surface area (Å²) in [5.74, 6) is 0.867. The lowest BCUT2D eigenvalue weighted by atomic mass is 9.98. The number of carbonyl (C=O) groups is 1. The normalized spacial score (nSPS) is 15.2. The van der Waals surface area contributed by atoms with Crippen molar-refractivity contribution >= 4 is 29.3 Å². The minimum Gasteiger partial charge on any atom is -0.337 e. The third kappa shape index (κ3) is 4.76. The second-order valence-electron chi connectivity index (χ2n) is 7.91. The molecule has 1 fully saturated rings. The van der Waals surface area contributed by atoms with Crippen LogP contribution < -0.4 is 5.32 Å². The van der Waals surface area contributed by atoms with E-state index in [1.807, 2.05) is 60.0 Å². The molecule has 8 heteroatoms. The van der Waals surface area contributed by atoms with Gasteiger partial charge >= 0.3 is 0 Å². The predicted molar refractivity (Wildman–Crippen MR) is 122 cm³/mol. The third-order valence-electron chi connectivity index (χ3n) is 5.35. The summed E-state index contributed by atoms with van der Waals surface area (Å²) in [6, 6.07) is 17.7. The number of hydrogen-bond acceptors (Lipinski definition) is 5. The lowest BCUT2D eigenvalue weighted by molar-refractivity contribution is -0.119. The lowest BCUT2D eigenvalue weighted by Crippen LogP contribution is -2.47. The number of halogens is 1. The molecule has 0 bridgehead atoms. The molecule has 1 aromatic heterocycles. The van der Waals surface area contributed by atoms with E-state index in [0.29, 0.717) is 16.0 Å². The van der Waals surface area contributed by atoms with Crippen LogP contribution in [0.5, 0.6) is 0 Å². The molecule has 31 heavy (non-hydrogen) atoms. The summed E-state index contributed by atoms with van der Waals surface area (Å²) < 4.78 is 1.94. The summed E-state index contributed by atoms with van der Waals surface area (Å²) in [5, 5.41) is 22.4. The topological polar surface area (TPSA) is 83.6 Å². The molecule has 158 valence electrons. The highest BCUT2D eigenvalue weighted by molar-refractivity contribution is 7.99. The van der Waals surface area contributed by atoms with Crippen LogP contribution in [0, 0.1) is 24.2 Å². The molecule has 2 aromatic carbocycles. The highest BCUT2D eigenvalue weighted by atomic mass is 35.5. The number of nitrogens with one attached hydrogen (secondary N) is 1. The second kappa shape index (κ2) is 8.74. The molecule has 0 radical (unpaired) electrons. The number of nitrogens with zero attached hydrogens (tertiary/aromatic N) is 4. The van der Waals surface area contributed by atoms with Crippen LogP contribution in [-0.2, 0) is 4.79 Å². The van der Waals surface area contributed by atoms with E-state index < -0.39 is 5.54 Å². The first-order chi connectivity index (χ1) is 14.9. The van der Waals surface area contributed by atoms with Gasteiger partial charge in [0.2, 0.25) is 5.91 Å².